The van der Waals surface area contributed by atoms with E-state index in [0.717, 1.165) is 36.1 Å². The Labute approximate surface area is 100 Å². The predicted molar refractivity (Wildman–Crippen MR) is 68.1 cm³/mol. The first-order valence-corrected chi connectivity index (χ1v) is 6.62. The fraction of sp³-hybridized carbons (Fsp3) is 0.636. The Morgan fingerprint density at radius 2 is 2.31 bits per heavy atom. The summed E-state index contributed by atoms with van der Waals surface area (Å²) in [5, 5.41) is 4.06. The summed E-state index contributed by atoms with van der Waals surface area (Å²) in [6, 6.07) is 1.51. The van der Waals surface area contributed by atoms with E-state index in [1.165, 1.54) is 12.5 Å². The summed E-state index contributed by atoms with van der Waals surface area (Å²) < 4.78 is 0. The number of rotatable bonds is 7. The monoisotopic (exact) mass is 241 g/mol. The second-order valence-corrected chi connectivity index (χ2v) is 4.73. The van der Waals surface area contributed by atoms with Crippen LogP contribution in [0.5, 0.6) is 0 Å². The first kappa shape index (κ1) is 13.3. The highest BCUT2D eigenvalue weighted by Crippen LogP contribution is 2.11. The smallest absolute Gasteiger partial charge is 0.251 e. The van der Waals surface area contributed by atoms with Gasteiger partial charge >= 0.3 is 0 Å². The van der Waals surface area contributed by atoms with E-state index in [9.17, 15) is 4.79 Å². The van der Waals surface area contributed by atoms with E-state index in [2.05, 4.69) is 22.2 Å². The van der Waals surface area contributed by atoms with E-state index in [-0.39, 0.29) is 5.56 Å². The Morgan fingerprint density at radius 3 is 3.00 bits per heavy atom. The van der Waals surface area contributed by atoms with Crippen LogP contribution in [0.3, 0.4) is 0 Å². The summed E-state index contributed by atoms with van der Waals surface area (Å²) in [6.07, 6.45) is 2.25. The van der Waals surface area contributed by atoms with Crippen LogP contribution >= 0.6 is 11.8 Å². The maximum absolute atomic E-state index is 11.2. The van der Waals surface area contributed by atoms with Crippen LogP contribution in [0.4, 0.5) is 0 Å². The van der Waals surface area contributed by atoms with Gasteiger partial charge < -0.3 is 10.3 Å². The highest BCUT2D eigenvalue weighted by Gasteiger charge is 1.98. The van der Waals surface area contributed by atoms with E-state index in [4.69, 9.17) is 0 Å². The van der Waals surface area contributed by atoms with E-state index in [1.807, 2.05) is 6.92 Å². The highest BCUT2D eigenvalue weighted by molar-refractivity contribution is 7.99. The molecule has 1 heterocycles. The lowest BCUT2D eigenvalue weighted by molar-refractivity contribution is 0.664. The minimum Gasteiger partial charge on any atom is -0.317 e. The Kier molecular flexibility index (Phi) is 6.18. The molecule has 0 aliphatic carbocycles. The molecular weight excluding hydrogens is 222 g/mol. The Morgan fingerprint density at radius 1 is 1.50 bits per heavy atom. The van der Waals surface area contributed by atoms with Crippen LogP contribution in [0.1, 0.15) is 25.5 Å². The summed E-state index contributed by atoms with van der Waals surface area (Å²) >= 11 is 1.60. The summed E-state index contributed by atoms with van der Waals surface area (Å²) in [7, 11) is 0. The van der Waals surface area contributed by atoms with Crippen LogP contribution in [0, 0.1) is 6.92 Å². The summed E-state index contributed by atoms with van der Waals surface area (Å²) in [5.41, 5.74) is 0.703. The summed E-state index contributed by atoms with van der Waals surface area (Å²) in [6.45, 7) is 6.09. The maximum atomic E-state index is 11.2. The number of aromatic nitrogens is 2. The number of aromatic amines is 1. The molecule has 1 aromatic heterocycles. The molecule has 1 rings (SSSR count). The lowest BCUT2D eigenvalue weighted by Crippen LogP contribution is -2.16. The van der Waals surface area contributed by atoms with Gasteiger partial charge in [-0.2, -0.15) is 0 Å². The average Bonchev–Trinajstić information content (AvgIpc) is 2.22. The molecule has 2 N–H and O–H groups in total. The minimum absolute atomic E-state index is 0.0703. The molecule has 0 unspecified atom stereocenters. The summed E-state index contributed by atoms with van der Waals surface area (Å²) in [5.74, 6) is 0.975. The zero-order valence-electron chi connectivity index (χ0n) is 9.88. The SMILES string of the molecule is CCCNCCCSc1nc(C)cc(=O)[nH]1. The first-order chi connectivity index (χ1) is 7.72. The third-order valence-corrected chi connectivity index (χ3v) is 2.97. The molecule has 0 spiro atoms. The molecule has 16 heavy (non-hydrogen) atoms. The largest absolute Gasteiger partial charge is 0.317 e. The lowest BCUT2D eigenvalue weighted by Gasteiger charge is -2.03. The number of nitrogens with zero attached hydrogens (tertiary/aromatic N) is 1. The first-order valence-electron chi connectivity index (χ1n) is 5.64. The van der Waals surface area contributed by atoms with Gasteiger partial charge in [-0.15, -0.1) is 0 Å². The fourth-order valence-corrected chi connectivity index (χ4v) is 2.15. The molecule has 0 atom stereocenters. The van der Waals surface area contributed by atoms with Gasteiger partial charge in [-0.1, -0.05) is 18.7 Å². The predicted octanol–water partition coefficient (Wildman–Crippen LogP) is 1.56. The summed E-state index contributed by atoms with van der Waals surface area (Å²) in [4.78, 5) is 18.1. The van der Waals surface area contributed by atoms with Crippen molar-refractivity contribution < 1.29 is 0 Å². The molecule has 0 fully saturated rings. The van der Waals surface area contributed by atoms with Gasteiger partial charge in [0.25, 0.3) is 5.56 Å². The standard InChI is InChI=1S/C11H19N3OS/c1-3-5-12-6-4-7-16-11-13-9(2)8-10(15)14-11/h8,12H,3-7H2,1-2H3,(H,13,14,15). The van der Waals surface area contributed by atoms with Crippen molar-refractivity contribution in [1.82, 2.24) is 15.3 Å². The van der Waals surface area contributed by atoms with Crippen LogP contribution in [-0.4, -0.2) is 28.8 Å². The average molecular weight is 241 g/mol. The molecule has 0 aromatic carbocycles. The number of H-pyrrole nitrogens is 1. The van der Waals surface area contributed by atoms with Crippen LogP contribution < -0.4 is 10.9 Å². The topological polar surface area (TPSA) is 57.8 Å². The third kappa shape index (κ3) is 5.32. The second kappa shape index (κ2) is 7.46. The van der Waals surface area contributed by atoms with Crippen molar-refractivity contribution in [3.05, 3.63) is 22.1 Å². The van der Waals surface area contributed by atoms with Gasteiger partial charge in [0.05, 0.1) is 0 Å². The van der Waals surface area contributed by atoms with Crippen LogP contribution in [-0.2, 0) is 0 Å². The van der Waals surface area contributed by atoms with E-state index >= 15 is 0 Å². The van der Waals surface area contributed by atoms with E-state index in [1.54, 1.807) is 11.8 Å². The van der Waals surface area contributed by atoms with Gasteiger partial charge in [0, 0.05) is 17.5 Å². The van der Waals surface area contributed by atoms with Crippen LogP contribution in [0.2, 0.25) is 0 Å². The number of hydrogen-bond acceptors (Lipinski definition) is 4. The molecule has 4 nitrogen and oxygen atoms in total. The number of thioether (sulfide) groups is 1. The van der Waals surface area contributed by atoms with Gasteiger partial charge in [-0.05, 0) is 32.9 Å². The molecule has 0 aliphatic rings. The molecule has 0 bridgehead atoms. The maximum Gasteiger partial charge on any atom is 0.251 e. The molecule has 1 aromatic rings. The van der Waals surface area contributed by atoms with Crippen molar-refractivity contribution in [3.63, 3.8) is 0 Å². The molecular formula is C11H19N3OS. The van der Waals surface area contributed by atoms with Crippen molar-refractivity contribution in [3.8, 4) is 0 Å². The molecule has 0 amide bonds. The van der Waals surface area contributed by atoms with Gasteiger partial charge in [0.1, 0.15) is 0 Å². The number of nitrogens with one attached hydrogen (secondary N) is 2. The second-order valence-electron chi connectivity index (χ2n) is 3.64. The Bertz CT molecular complexity index is 364. The van der Waals surface area contributed by atoms with E-state index < -0.39 is 0 Å². The minimum atomic E-state index is -0.0703. The third-order valence-electron chi connectivity index (χ3n) is 2.01. The van der Waals surface area contributed by atoms with Crippen molar-refractivity contribution >= 4 is 11.8 Å². The lowest BCUT2D eigenvalue weighted by atomic mass is 10.4. The normalized spacial score (nSPS) is 10.6. The number of aryl methyl sites for hydroxylation is 1. The molecule has 0 saturated heterocycles. The van der Waals surface area contributed by atoms with Gasteiger partial charge in [-0.25, -0.2) is 4.98 Å². The molecule has 0 radical (unpaired) electrons. The molecule has 0 aliphatic heterocycles. The van der Waals surface area contributed by atoms with E-state index in [0.29, 0.717) is 0 Å². The Hall–Kier alpha value is -0.810. The van der Waals surface area contributed by atoms with Gasteiger partial charge in [0.15, 0.2) is 5.16 Å². The van der Waals surface area contributed by atoms with Gasteiger partial charge in [0.2, 0.25) is 0 Å². The van der Waals surface area contributed by atoms with Crippen molar-refractivity contribution in [2.75, 3.05) is 18.8 Å². The van der Waals surface area contributed by atoms with Crippen molar-refractivity contribution in [1.29, 1.82) is 0 Å². The molecule has 5 heteroatoms. The fourth-order valence-electron chi connectivity index (χ4n) is 1.29. The van der Waals surface area contributed by atoms with Crippen molar-refractivity contribution in [2.45, 2.75) is 31.8 Å². The Balaban J connectivity index is 2.24. The zero-order chi connectivity index (χ0) is 11.8. The van der Waals surface area contributed by atoms with Crippen molar-refractivity contribution in [2.24, 2.45) is 0 Å². The molecule has 90 valence electrons. The number of hydrogen-bond donors (Lipinski definition) is 2. The molecule has 0 saturated carbocycles. The quantitative estimate of drug-likeness (QED) is 0.432. The van der Waals surface area contributed by atoms with Gasteiger partial charge in [-0.3, -0.25) is 4.79 Å². The highest BCUT2D eigenvalue weighted by atomic mass is 32.2. The zero-order valence-corrected chi connectivity index (χ0v) is 10.7. The van der Waals surface area contributed by atoms with Crippen LogP contribution in [0.25, 0.3) is 0 Å². The van der Waals surface area contributed by atoms with Crippen LogP contribution in [0.15, 0.2) is 16.0 Å².